The maximum atomic E-state index is 12.4. The van der Waals surface area contributed by atoms with Crippen LogP contribution in [0.25, 0.3) is 0 Å². The van der Waals surface area contributed by atoms with Crippen molar-refractivity contribution in [2.75, 3.05) is 18.5 Å². The molecule has 1 saturated heterocycles. The van der Waals surface area contributed by atoms with Crippen LogP contribution in [0.15, 0.2) is 42.5 Å². The summed E-state index contributed by atoms with van der Waals surface area (Å²) in [7, 11) is 0. The summed E-state index contributed by atoms with van der Waals surface area (Å²) in [6, 6.07) is 13.6. The van der Waals surface area contributed by atoms with Gasteiger partial charge < -0.3 is 10.3 Å². The van der Waals surface area contributed by atoms with Crippen LogP contribution in [0.2, 0.25) is 0 Å². The molecule has 6 heteroatoms. The summed E-state index contributed by atoms with van der Waals surface area (Å²) in [4.78, 5) is 14.2. The van der Waals surface area contributed by atoms with Gasteiger partial charge in [0.1, 0.15) is 0 Å². The van der Waals surface area contributed by atoms with Gasteiger partial charge in [-0.25, -0.2) is 5.84 Å². The van der Waals surface area contributed by atoms with Crippen LogP contribution in [0.3, 0.4) is 0 Å². The number of nitrogen functional groups attached to an aromatic ring is 1. The topological polar surface area (TPSA) is 84.1 Å². The second kappa shape index (κ2) is 5.88. The van der Waals surface area contributed by atoms with Crippen molar-refractivity contribution in [3.63, 3.8) is 0 Å². The summed E-state index contributed by atoms with van der Waals surface area (Å²) < 4.78 is 0. The highest BCUT2D eigenvalue weighted by Crippen LogP contribution is 2.27. The second-order valence-corrected chi connectivity index (χ2v) is 5.10. The van der Waals surface area contributed by atoms with Gasteiger partial charge in [0.15, 0.2) is 11.5 Å². The molecule has 1 aliphatic rings. The van der Waals surface area contributed by atoms with E-state index >= 15 is 0 Å². The molecule has 1 fully saturated rings. The van der Waals surface area contributed by atoms with E-state index in [-0.39, 0.29) is 5.91 Å². The number of hydrogen-bond acceptors (Lipinski definition) is 5. The first kappa shape index (κ1) is 13.5. The van der Waals surface area contributed by atoms with Crippen LogP contribution in [0.5, 0.6) is 0 Å². The minimum absolute atomic E-state index is 0.0792. The lowest BCUT2D eigenvalue weighted by molar-refractivity contribution is 0.0784. The first-order chi connectivity index (χ1) is 10.3. The molecule has 1 aliphatic heterocycles. The molecule has 3 rings (SSSR count). The summed E-state index contributed by atoms with van der Waals surface area (Å²) in [6.07, 6.45) is 0.978. The Labute approximate surface area is 122 Å². The zero-order valence-electron chi connectivity index (χ0n) is 11.6. The number of carbonyl (C=O) groups is 1. The lowest BCUT2D eigenvalue weighted by Crippen LogP contribution is -2.29. The van der Waals surface area contributed by atoms with Crippen molar-refractivity contribution in [2.45, 2.75) is 12.3 Å². The zero-order valence-corrected chi connectivity index (χ0v) is 11.6. The van der Waals surface area contributed by atoms with Gasteiger partial charge >= 0.3 is 0 Å². The molecule has 2 heterocycles. The quantitative estimate of drug-likeness (QED) is 0.657. The third-order valence-corrected chi connectivity index (χ3v) is 3.78. The first-order valence-electron chi connectivity index (χ1n) is 6.92. The third-order valence-electron chi connectivity index (χ3n) is 3.78. The molecule has 0 saturated carbocycles. The number of aromatic nitrogens is 2. The average Bonchev–Trinajstić information content (AvgIpc) is 3.05. The molecule has 6 nitrogen and oxygen atoms in total. The van der Waals surface area contributed by atoms with Gasteiger partial charge in [0, 0.05) is 19.0 Å². The number of amides is 1. The van der Waals surface area contributed by atoms with Gasteiger partial charge in [0.05, 0.1) is 0 Å². The Hall–Kier alpha value is -2.47. The van der Waals surface area contributed by atoms with Crippen molar-refractivity contribution in [2.24, 2.45) is 5.84 Å². The number of rotatable bonds is 3. The first-order valence-corrected chi connectivity index (χ1v) is 6.92. The minimum atomic E-state index is -0.0792. The van der Waals surface area contributed by atoms with Gasteiger partial charge in [-0.15, -0.1) is 10.2 Å². The van der Waals surface area contributed by atoms with Crippen molar-refractivity contribution in [1.82, 2.24) is 15.1 Å². The van der Waals surface area contributed by atoms with Gasteiger partial charge in [-0.1, -0.05) is 30.3 Å². The summed E-state index contributed by atoms with van der Waals surface area (Å²) in [6.45, 7) is 1.47. The van der Waals surface area contributed by atoms with Crippen molar-refractivity contribution in [3.8, 4) is 0 Å². The molecule has 1 aromatic carbocycles. The van der Waals surface area contributed by atoms with E-state index < -0.39 is 0 Å². The highest BCUT2D eigenvalue weighted by molar-refractivity contribution is 5.92. The Kier molecular flexibility index (Phi) is 3.79. The molecule has 1 aromatic heterocycles. The number of benzene rings is 1. The number of anilines is 1. The standard InChI is InChI=1S/C15H17N5O/c16-17-14-7-6-13(18-19-14)15(21)20-9-8-12(10-20)11-4-2-1-3-5-11/h1-7,12H,8-10,16H2,(H,17,19). The monoisotopic (exact) mass is 283 g/mol. The van der Waals surface area contributed by atoms with E-state index in [0.29, 0.717) is 17.4 Å². The van der Waals surface area contributed by atoms with E-state index in [2.05, 4.69) is 27.8 Å². The van der Waals surface area contributed by atoms with Crippen LogP contribution < -0.4 is 11.3 Å². The van der Waals surface area contributed by atoms with E-state index in [4.69, 9.17) is 5.84 Å². The molecular weight excluding hydrogens is 266 g/mol. The maximum absolute atomic E-state index is 12.4. The number of nitrogens with two attached hydrogens (primary N) is 1. The van der Waals surface area contributed by atoms with E-state index in [1.54, 1.807) is 12.1 Å². The van der Waals surface area contributed by atoms with E-state index in [9.17, 15) is 4.79 Å². The fraction of sp³-hybridized carbons (Fsp3) is 0.267. The number of likely N-dealkylation sites (tertiary alicyclic amines) is 1. The maximum Gasteiger partial charge on any atom is 0.274 e. The molecule has 1 amide bonds. The number of carbonyl (C=O) groups excluding carboxylic acids is 1. The third kappa shape index (κ3) is 2.85. The molecule has 108 valence electrons. The molecule has 2 aromatic rings. The van der Waals surface area contributed by atoms with Gasteiger partial charge in [-0.05, 0) is 24.1 Å². The van der Waals surface area contributed by atoms with Gasteiger partial charge in [0.2, 0.25) is 0 Å². The lowest BCUT2D eigenvalue weighted by Gasteiger charge is -2.16. The molecule has 0 radical (unpaired) electrons. The van der Waals surface area contributed by atoms with Crippen LogP contribution in [0, 0.1) is 0 Å². The predicted octanol–water partition coefficient (Wildman–Crippen LogP) is 1.39. The van der Waals surface area contributed by atoms with Crippen molar-refractivity contribution in [3.05, 3.63) is 53.7 Å². The van der Waals surface area contributed by atoms with Crippen LogP contribution in [-0.4, -0.2) is 34.1 Å². The number of hydrazine groups is 1. The van der Waals surface area contributed by atoms with Gasteiger partial charge in [0.25, 0.3) is 5.91 Å². The molecule has 3 N–H and O–H groups in total. The molecule has 0 spiro atoms. The average molecular weight is 283 g/mol. The van der Waals surface area contributed by atoms with E-state index in [0.717, 1.165) is 19.5 Å². The molecule has 0 aliphatic carbocycles. The van der Waals surface area contributed by atoms with Crippen molar-refractivity contribution in [1.29, 1.82) is 0 Å². The fourth-order valence-corrected chi connectivity index (χ4v) is 2.63. The lowest BCUT2D eigenvalue weighted by atomic mass is 9.99. The zero-order chi connectivity index (χ0) is 14.7. The van der Waals surface area contributed by atoms with E-state index in [1.807, 2.05) is 23.1 Å². The van der Waals surface area contributed by atoms with Crippen LogP contribution in [0.1, 0.15) is 28.4 Å². The normalized spacial score (nSPS) is 17.8. The molecular formula is C15H17N5O. The van der Waals surface area contributed by atoms with Crippen LogP contribution in [-0.2, 0) is 0 Å². The highest BCUT2D eigenvalue weighted by Gasteiger charge is 2.28. The van der Waals surface area contributed by atoms with Gasteiger partial charge in [-0.2, -0.15) is 0 Å². The number of hydrogen-bond donors (Lipinski definition) is 2. The highest BCUT2D eigenvalue weighted by atomic mass is 16.2. The summed E-state index contributed by atoms with van der Waals surface area (Å²) in [5, 5.41) is 7.74. The molecule has 21 heavy (non-hydrogen) atoms. The summed E-state index contributed by atoms with van der Waals surface area (Å²) in [5.41, 5.74) is 4.02. The molecule has 1 atom stereocenters. The van der Waals surface area contributed by atoms with Crippen LogP contribution >= 0.6 is 0 Å². The smallest absolute Gasteiger partial charge is 0.274 e. The van der Waals surface area contributed by atoms with Crippen molar-refractivity contribution >= 4 is 11.7 Å². The Morgan fingerprint density at radius 1 is 1.19 bits per heavy atom. The minimum Gasteiger partial charge on any atom is -0.337 e. The van der Waals surface area contributed by atoms with E-state index in [1.165, 1.54) is 5.56 Å². The van der Waals surface area contributed by atoms with Crippen molar-refractivity contribution < 1.29 is 4.79 Å². The SMILES string of the molecule is NNc1ccc(C(=O)N2CCC(c3ccccc3)C2)nn1. The second-order valence-electron chi connectivity index (χ2n) is 5.10. The summed E-state index contributed by atoms with van der Waals surface area (Å²) >= 11 is 0. The number of nitrogens with one attached hydrogen (secondary N) is 1. The molecule has 1 unspecified atom stereocenters. The van der Waals surface area contributed by atoms with Gasteiger partial charge in [-0.3, -0.25) is 4.79 Å². The Morgan fingerprint density at radius 2 is 2.00 bits per heavy atom. The Bertz CT molecular complexity index is 614. The Balaban J connectivity index is 1.69. The summed E-state index contributed by atoms with van der Waals surface area (Å²) in [5.74, 6) is 5.99. The fourth-order valence-electron chi connectivity index (χ4n) is 2.63. The predicted molar refractivity (Wildman–Crippen MR) is 79.5 cm³/mol. The molecule has 0 bridgehead atoms. The van der Waals surface area contributed by atoms with Crippen LogP contribution in [0.4, 0.5) is 5.82 Å². The largest absolute Gasteiger partial charge is 0.337 e. The Morgan fingerprint density at radius 3 is 2.67 bits per heavy atom. The number of nitrogens with zero attached hydrogens (tertiary/aromatic N) is 3.